The summed E-state index contributed by atoms with van der Waals surface area (Å²) in [6.07, 6.45) is 4.85. The number of halogens is 1. The molecule has 0 fully saturated rings. The molecule has 1 atom stereocenters. The lowest BCUT2D eigenvalue weighted by Crippen LogP contribution is -2.18. The van der Waals surface area contributed by atoms with Gasteiger partial charge in [-0.3, -0.25) is 0 Å². The zero-order valence-corrected chi connectivity index (χ0v) is 11.6. The third-order valence-electron chi connectivity index (χ3n) is 2.46. The first-order valence-electron chi connectivity index (χ1n) is 5.70. The van der Waals surface area contributed by atoms with E-state index in [2.05, 4.69) is 33.2 Å². The van der Waals surface area contributed by atoms with Crippen LogP contribution in [-0.2, 0) is 0 Å². The SMILES string of the molecule is CCCCC(C)Nc1ncc(Br)cc1C(=O)O. The van der Waals surface area contributed by atoms with Gasteiger partial charge in [-0.15, -0.1) is 0 Å². The highest BCUT2D eigenvalue weighted by molar-refractivity contribution is 9.10. The summed E-state index contributed by atoms with van der Waals surface area (Å²) < 4.78 is 0.668. The lowest BCUT2D eigenvalue weighted by Gasteiger charge is -2.15. The number of aromatic nitrogens is 1. The molecule has 5 heteroatoms. The summed E-state index contributed by atoms with van der Waals surface area (Å²) in [5, 5.41) is 12.2. The van der Waals surface area contributed by atoms with Crippen molar-refractivity contribution >= 4 is 27.7 Å². The number of hydrogen-bond acceptors (Lipinski definition) is 3. The molecule has 0 aliphatic rings. The van der Waals surface area contributed by atoms with Crippen molar-refractivity contribution in [1.29, 1.82) is 0 Å². The Morgan fingerprint density at radius 3 is 2.94 bits per heavy atom. The molecule has 1 aromatic heterocycles. The molecule has 94 valence electrons. The summed E-state index contributed by atoms with van der Waals surface area (Å²) in [6, 6.07) is 1.78. The molecule has 0 radical (unpaired) electrons. The Balaban J connectivity index is 2.79. The van der Waals surface area contributed by atoms with Gasteiger partial charge in [0, 0.05) is 16.7 Å². The van der Waals surface area contributed by atoms with Crippen LogP contribution in [-0.4, -0.2) is 22.1 Å². The number of carboxylic acids is 1. The first kappa shape index (κ1) is 14.0. The smallest absolute Gasteiger partial charge is 0.339 e. The molecule has 0 bridgehead atoms. The Morgan fingerprint density at radius 2 is 2.35 bits per heavy atom. The number of nitrogens with zero attached hydrogens (tertiary/aromatic N) is 1. The Labute approximate surface area is 110 Å². The van der Waals surface area contributed by atoms with Gasteiger partial charge >= 0.3 is 5.97 Å². The molecule has 1 rings (SSSR count). The molecule has 1 unspecified atom stereocenters. The van der Waals surface area contributed by atoms with Crippen LogP contribution in [0.1, 0.15) is 43.5 Å². The second-order valence-corrected chi connectivity index (χ2v) is 4.96. The third-order valence-corrected chi connectivity index (χ3v) is 2.89. The van der Waals surface area contributed by atoms with Crippen molar-refractivity contribution in [3.63, 3.8) is 0 Å². The number of rotatable bonds is 6. The van der Waals surface area contributed by atoms with Gasteiger partial charge in [0.25, 0.3) is 0 Å². The van der Waals surface area contributed by atoms with Crippen molar-refractivity contribution < 1.29 is 9.90 Å². The van der Waals surface area contributed by atoms with E-state index in [9.17, 15) is 4.79 Å². The molecular weight excluding hydrogens is 284 g/mol. The summed E-state index contributed by atoms with van der Waals surface area (Å²) in [5.74, 6) is -0.534. The summed E-state index contributed by atoms with van der Waals surface area (Å²) in [6.45, 7) is 4.16. The van der Waals surface area contributed by atoms with E-state index < -0.39 is 5.97 Å². The van der Waals surface area contributed by atoms with Gasteiger partial charge in [0.05, 0.1) is 0 Å². The van der Waals surface area contributed by atoms with E-state index >= 15 is 0 Å². The van der Waals surface area contributed by atoms with Crippen LogP contribution in [0.3, 0.4) is 0 Å². The standard InChI is InChI=1S/C12H17BrN2O2/c1-3-4-5-8(2)15-11-10(12(16)17)6-9(13)7-14-11/h6-8H,3-5H2,1-2H3,(H,14,15)(H,16,17). The van der Waals surface area contributed by atoms with Gasteiger partial charge in [0.1, 0.15) is 11.4 Å². The van der Waals surface area contributed by atoms with Crippen molar-refractivity contribution in [2.45, 2.75) is 39.2 Å². The Kier molecular flexibility index (Phi) is 5.41. The van der Waals surface area contributed by atoms with Crippen molar-refractivity contribution in [3.05, 3.63) is 22.3 Å². The molecule has 0 aliphatic carbocycles. The van der Waals surface area contributed by atoms with E-state index in [4.69, 9.17) is 5.11 Å². The number of nitrogens with one attached hydrogen (secondary N) is 1. The number of aromatic carboxylic acids is 1. The highest BCUT2D eigenvalue weighted by Gasteiger charge is 2.13. The van der Waals surface area contributed by atoms with E-state index in [0.29, 0.717) is 10.3 Å². The molecule has 0 aromatic carbocycles. The van der Waals surface area contributed by atoms with Crippen molar-refractivity contribution in [3.8, 4) is 0 Å². The molecule has 0 saturated heterocycles. The monoisotopic (exact) mass is 300 g/mol. The van der Waals surface area contributed by atoms with E-state index in [-0.39, 0.29) is 11.6 Å². The van der Waals surface area contributed by atoms with Crippen LogP contribution in [0.4, 0.5) is 5.82 Å². The maximum atomic E-state index is 11.1. The summed E-state index contributed by atoms with van der Waals surface area (Å²) >= 11 is 3.22. The summed E-state index contributed by atoms with van der Waals surface area (Å²) in [7, 11) is 0. The number of carbonyl (C=O) groups is 1. The van der Waals surface area contributed by atoms with Gasteiger partial charge in [0.2, 0.25) is 0 Å². The predicted octanol–water partition coefficient (Wildman–Crippen LogP) is 3.53. The number of unbranched alkanes of at least 4 members (excludes halogenated alkanes) is 1. The van der Waals surface area contributed by atoms with Gasteiger partial charge in [-0.2, -0.15) is 0 Å². The third kappa shape index (κ3) is 4.34. The minimum Gasteiger partial charge on any atom is -0.478 e. The summed E-state index contributed by atoms with van der Waals surface area (Å²) in [4.78, 5) is 15.2. The van der Waals surface area contributed by atoms with Crippen LogP contribution in [0, 0.1) is 0 Å². The van der Waals surface area contributed by atoms with Crippen molar-refractivity contribution in [2.75, 3.05) is 5.32 Å². The molecule has 0 aliphatic heterocycles. The minimum atomic E-state index is -0.969. The number of anilines is 1. The quantitative estimate of drug-likeness (QED) is 0.843. The van der Waals surface area contributed by atoms with Gasteiger partial charge in [-0.05, 0) is 35.3 Å². The average Bonchev–Trinajstić information content (AvgIpc) is 2.28. The highest BCUT2D eigenvalue weighted by atomic mass is 79.9. The van der Waals surface area contributed by atoms with E-state index in [1.54, 1.807) is 12.3 Å². The normalized spacial score (nSPS) is 12.2. The molecular formula is C12H17BrN2O2. The van der Waals surface area contributed by atoms with Crippen LogP contribution >= 0.6 is 15.9 Å². The molecule has 17 heavy (non-hydrogen) atoms. The second kappa shape index (κ2) is 6.59. The van der Waals surface area contributed by atoms with Crippen LogP contribution in [0.5, 0.6) is 0 Å². The van der Waals surface area contributed by atoms with Crippen LogP contribution in [0.2, 0.25) is 0 Å². The maximum absolute atomic E-state index is 11.1. The first-order chi connectivity index (χ1) is 8.04. The molecule has 2 N–H and O–H groups in total. The topological polar surface area (TPSA) is 62.2 Å². The van der Waals surface area contributed by atoms with Crippen molar-refractivity contribution in [2.24, 2.45) is 0 Å². The zero-order valence-electron chi connectivity index (χ0n) is 10.0. The highest BCUT2D eigenvalue weighted by Crippen LogP contribution is 2.19. The second-order valence-electron chi connectivity index (χ2n) is 4.04. The maximum Gasteiger partial charge on any atom is 0.339 e. The number of pyridine rings is 1. The minimum absolute atomic E-state index is 0.197. The van der Waals surface area contributed by atoms with Crippen LogP contribution in [0.15, 0.2) is 16.7 Å². The fourth-order valence-corrected chi connectivity index (χ4v) is 1.86. The number of carboxylic acid groups (broad SMARTS) is 1. The van der Waals surface area contributed by atoms with Gasteiger partial charge < -0.3 is 10.4 Å². The van der Waals surface area contributed by atoms with E-state index in [1.165, 1.54) is 0 Å². The summed E-state index contributed by atoms with van der Waals surface area (Å²) in [5.41, 5.74) is 0.197. The van der Waals surface area contributed by atoms with Gasteiger partial charge in [-0.1, -0.05) is 19.8 Å². The average molecular weight is 301 g/mol. The van der Waals surface area contributed by atoms with Gasteiger partial charge in [0.15, 0.2) is 0 Å². The Hall–Kier alpha value is -1.10. The van der Waals surface area contributed by atoms with Crippen LogP contribution < -0.4 is 5.32 Å². The predicted molar refractivity (Wildman–Crippen MR) is 71.5 cm³/mol. The fourth-order valence-electron chi connectivity index (χ4n) is 1.53. The first-order valence-corrected chi connectivity index (χ1v) is 6.49. The van der Waals surface area contributed by atoms with Gasteiger partial charge in [-0.25, -0.2) is 9.78 Å². The molecule has 0 saturated carbocycles. The van der Waals surface area contributed by atoms with Crippen LogP contribution in [0.25, 0.3) is 0 Å². The zero-order chi connectivity index (χ0) is 12.8. The number of hydrogen-bond donors (Lipinski definition) is 2. The Bertz CT molecular complexity index is 396. The lowest BCUT2D eigenvalue weighted by molar-refractivity contribution is 0.0697. The molecule has 4 nitrogen and oxygen atoms in total. The molecule has 0 spiro atoms. The molecule has 1 aromatic rings. The molecule has 0 amide bonds. The Morgan fingerprint density at radius 1 is 1.65 bits per heavy atom. The van der Waals surface area contributed by atoms with E-state index in [1.807, 2.05) is 6.92 Å². The van der Waals surface area contributed by atoms with E-state index in [0.717, 1.165) is 19.3 Å². The van der Waals surface area contributed by atoms with Crippen molar-refractivity contribution in [1.82, 2.24) is 4.98 Å². The fraction of sp³-hybridized carbons (Fsp3) is 0.500. The largest absolute Gasteiger partial charge is 0.478 e. The molecule has 1 heterocycles. The lowest BCUT2D eigenvalue weighted by atomic mass is 10.1.